The van der Waals surface area contributed by atoms with Crippen LogP contribution in [-0.2, 0) is 6.42 Å². The van der Waals surface area contributed by atoms with Crippen molar-refractivity contribution in [2.45, 2.75) is 19.8 Å². The SMILES string of the molecule is COc1ccc(-c2cc(C(=O)NCCCc3nc(C)no3)c3ccccc3n2)cc1OC. The highest BCUT2D eigenvalue weighted by molar-refractivity contribution is 6.07. The van der Waals surface area contributed by atoms with Crippen molar-refractivity contribution < 1.29 is 18.8 Å². The molecule has 32 heavy (non-hydrogen) atoms. The van der Waals surface area contributed by atoms with Crippen molar-refractivity contribution in [1.29, 1.82) is 0 Å². The molecule has 164 valence electrons. The predicted octanol–water partition coefficient (Wildman–Crippen LogP) is 3.97. The van der Waals surface area contributed by atoms with Crippen LogP contribution >= 0.6 is 0 Å². The molecule has 8 nitrogen and oxygen atoms in total. The zero-order chi connectivity index (χ0) is 22.5. The molecule has 2 aromatic carbocycles. The van der Waals surface area contributed by atoms with E-state index in [9.17, 15) is 4.79 Å². The molecule has 0 radical (unpaired) electrons. The Morgan fingerprint density at radius 2 is 1.84 bits per heavy atom. The van der Waals surface area contributed by atoms with Crippen molar-refractivity contribution in [3.05, 3.63) is 65.8 Å². The highest BCUT2D eigenvalue weighted by atomic mass is 16.5. The highest BCUT2D eigenvalue weighted by Gasteiger charge is 2.15. The maximum absolute atomic E-state index is 13.0. The van der Waals surface area contributed by atoms with Gasteiger partial charge in [-0.2, -0.15) is 4.98 Å². The van der Waals surface area contributed by atoms with Gasteiger partial charge in [-0.05, 0) is 43.7 Å². The second-order valence-electron chi connectivity index (χ2n) is 7.24. The molecular formula is C24H24N4O4. The zero-order valence-corrected chi connectivity index (χ0v) is 18.2. The van der Waals surface area contributed by atoms with Crippen LogP contribution in [-0.4, -0.2) is 41.8 Å². The van der Waals surface area contributed by atoms with E-state index in [-0.39, 0.29) is 5.91 Å². The minimum atomic E-state index is -0.160. The fourth-order valence-corrected chi connectivity index (χ4v) is 3.49. The van der Waals surface area contributed by atoms with E-state index < -0.39 is 0 Å². The topological polar surface area (TPSA) is 99.4 Å². The maximum atomic E-state index is 13.0. The second-order valence-corrected chi connectivity index (χ2v) is 7.24. The maximum Gasteiger partial charge on any atom is 0.252 e. The molecular weight excluding hydrogens is 408 g/mol. The van der Waals surface area contributed by atoms with Gasteiger partial charge in [-0.3, -0.25) is 4.79 Å². The minimum absolute atomic E-state index is 0.160. The van der Waals surface area contributed by atoms with Crippen molar-refractivity contribution >= 4 is 16.8 Å². The number of benzene rings is 2. The summed E-state index contributed by atoms with van der Waals surface area (Å²) in [6.07, 6.45) is 1.30. The van der Waals surface area contributed by atoms with Crippen LogP contribution in [0.15, 0.2) is 53.1 Å². The molecule has 0 atom stereocenters. The molecule has 2 aromatic heterocycles. The van der Waals surface area contributed by atoms with Crippen LogP contribution in [0.25, 0.3) is 22.2 Å². The molecule has 1 amide bonds. The molecule has 0 bridgehead atoms. The third kappa shape index (κ3) is 4.54. The van der Waals surface area contributed by atoms with E-state index in [1.165, 1.54) is 0 Å². The molecule has 1 N–H and O–H groups in total. The summed E-state index contributed by atoms with van der Waals surface area (Å²) >= 11 is 0. The standard InChI is InChI=1S/C24H24N4O4/c1-15-26-23(32-28-15)9-6-12-25-24(29)18-14-20(27-19-8-5-4-7-17(18)19)16-10-11-21(30-2)22(13-16)31-3/h4-5,7-8,10-11,13-14H,6,9,12H2,1-3H3,(H,25,29). The van der Waals surface area contributed by atoms with Crippen molar-refractivity contribution in [3.8, 4) is 22.8 Å². The molecule has 4 aromatic rings. The molecule has 0 aliphatic carbocycles. The number of fused-ring (bicyclic) bond motifs is 1. The molecule has 8 heteroatoms. The number of carbonyl (C=O) groups is 1. The Morgan fingerprint density at radius 3 is 2.59 bits per heavy atom. The monoisotopic (exact) mass is 432 g/mol. The summed E-state index contributed by atoms with van der Waals surface area (Å²) in [6.45, 7) is 2.27. The van der Waals surface area contributed by atoms with Crippen LogP contribution in [0.3, 0.4) is 0 Å². The van der Waals surface area contributed by atoms with Gasteiger partial charge in [0.1, 0.15) is 0 Å². The number of nitrogens with zero attached hydrogens (tertiary/aromatic N) is 3. The normalized spacial score (nSPS) is 10.8. The summed E-state index contributed by atoms with van der Waals surface area (Å²) in [5, 5.41) is 7.56. The van der Waals surface area contributed by atoms with E-state index in [2.05, 4.69) is 15.5 Å². The molecule has 0 saturated carbocycles. The minimum Gasteiger partial charge on any atom is -0.493 e. The lowest BCUT2D eigenvalue weighted by atomic mass is 10.0. The van der Waals surface area contributed by atoms with Crippen molar-refractivity contribution in [3.63, 3.8) is 0 Å². The quantitative estimate of drug-likeness (QED) is 0.421. The van der Waals surface area contributed by atoms with Gasteiger partial charge in [-0.15, -0.1) is 0 Å². The van der Waals surface area contributed by atoms with Crippen molar-refractivity contribution in [1.82, 2.24) is 20.4 Å². The highest BCUT2D eigenvalue weighted by Crippen LogP contribution is 2.33. The number of amides is 1. The van der Waals surface area contributed by atoms with Crippen LogP contribution < -0.4 is 14.8 Å². The molecule has 2 heterocycles. The molecule has 0 aliphatic heterocycles. The number of methoxy groups -OCH3 is 2. The van der Waals surface area contributed by atoms with Gasteiger partial charge in [0.05, 0.1) is 31.0 Å². The van der Waals surface area contributed by atoms with Crippen molar-refractivity contribution in [2.75, 3.05) is 20.8 Å². The average molecular weight is 432 g/mol. The van der Waals surface area contributed by atoms with Gasteiger partial charge >= 0.3 is 0 Å². The van der Waals surface area contributed by atoms with Gasteiger partial charge in [-0.25, -0.2) is 4.98 Å². The number of carbonyl (C=O) groups excluding carboxylic acids is 1. The summed E-state index contributed by atoms with van der Waals surface area (Å²) in [6, 6.07) is 15.0. The Bertz CT molecular complexity index is 1250. The number of hydrogen-bond acceptors (Lipinski definition) is 7. The van der Waals surface area contributed by atoms with E-state index in [0.29, 0.717) is 53.9 Å². The summed E-state index contributed by atoms with van der Waals surface area (Å²) in [4.78, 5) is 22.0. The Balaban J connectivity index is 1.58. The molecule has 0 unspecified atom stereocenters. The van der Waals surface area contributed by atoms with Gasteiger partial charge in [0.2, 0.25) is 5.89 Å². The lowest BCUT2D eigenvalue weighted by Crippen LogP contribution is -2.25. The molecule has 0 saturated heterocycles. The summed E-state index contributed by atoms with van der Waals surface area (Å²) in [5.74, 6) is 2.25. The summed E-state index contributed by atoms with van der Waals surface area (Å²) < 4.78 is 15.9. The van der Waals surface area contributed by atoms with Gasteiger partial charge in [-0.1, -0.05) is 23.4 Å². The number of pyridine rings is 1. The summed E-state index contributed by atoms with van der Waals surface area (Å²) in [7, 11) is 3.18. The molecule has 0 spiro atoms. The first-order valence-electron chi connectivity index (χ1n) is 10.3. The summed E-state index contributed by atoms with van der Waals surface area (Å²) in [5.41, 5.74) is 2.81. The number of nitrogens with one attached hydrogen (secondary N) is 1. The van der Waals surface area contributed by atoms with Crippen LogP contribution in [0, 0.1) is 6.92 Å². The largest absolute Gasteiger partial charge is 0.493 e. The zero-order valence-electron chi connectivity index (χ0n) is 18.2. The van der Waals surface area contributed by atoms with Crippen LogP contribution in [0.4, 0.5) is 0 Å². The van der Waals surface area contributed by atoms with Crippen LogP contribution in [0.2, 0.25) is 0 Å². The van der Waals surface area contributed by atoms with Gasteiger partial charge in [0.15, 0.2) is 17.3 Å². The fraction of sp³-hybridized carbons (Fsp3) is 0.250. The lowest BCUT2D eigenvalue weighted by molar-refractivity contribution is 0.0954. The predicted molar refractivity (Wildman–Crippen MR) is 120 cm³/mol. The number of para-hydroxylation sites is 1. The first-order chi connectivity index (χ1) is 15.6. The lowest BCUT2D eigenvalue weighted by Gasteiger charge is -2.12. The number of rotatable bonds is 8. The first-order valence-corrected chi connectivity index (χ1v) is 10.3. The van der Waals surface area contributed by atoms with Crippen molar-refractivity contribution in [2.24, 2.45) is 0 Å². The van der Waals surface area contributed by atoms with Crippen LogP contribution in [0.5, 0.6) is 11.5 Å². The number of hydrogen-bond donors (Lipinski definition) is 1. The van der Waals surface area contributed by atoms with E-state index in [1.54, 1.807) is 27.2 Å². The van der Waals surface area contributed by atoms with E-state index in [1.807, 2.05) is 42.5 Å². The second kappa shape index (κ2) is 9.47. The van der Waals surface area contributed by atoms with E-state index in [4.69, 9.17) is 19.0 Å². The Morgan fingerprint density at radius 1 is 1.03 bits per heavy atom. The fourth-order valence-electron chi connectivity index (χ4n) is 3.49. The third-order valence-corrected chi connectivity index (χ3v) is 5.06. The van der Waals surface area contributed by atoms with Gasteiger partial charge in [0.25, 0.3) is 5.91 Å². The van der Waals surface area contributed by atoms with Gasteiger partial charge in [0, 0.05) is 23.9 Å². The van der Waals surface area contributed by atoms with Crippen LogP contribution in [0.1, 0.15) is 28.5 Å². The van der Waals surface area contributed by atoms with Gasteiger partial charge < -0.3 is 19.3 Å². The molecule has 0 fully saturated rings. The molecule has 4 rings (SSSR count). The van der Waals surface area contributed by atoms with E-state index >= 15 is 0 Å². The Hall–Kier alpha value is -3.94. The smallest absolute Gasteiger partial charge is 0.252 e. The number of ether oxygens (including phenoxy) is 2. The average Bonchev–Trinajstić information content (AvgIpc) is 3.25. The number of aryl methyl sites for hydroxylation is 2. The molecule has 0 aliphatic rings. The number of aromatic nitrogens is 3. The first kappa shape index (κ1) is 21.3. The van der Waals surface area contributed by atoms with E-state index in [0.717, 1.165) is 16.5 Å². The Labute approximate surface area is 185 Å². The third-order valence-electron chi connectivity index (χ3n) is 5.06. The Kier molecular flexibility index (Phi) is 6.30.